The van der Waals surface area contributed by atoms with E-state index >= 15 is 0 Å². The van der Waals surface area contributed by atoms with Crippen LogP contribution in [0.3, 0.4) is 0 Å². The summed E-state index contributed by atoms with van der Waals surface area (Å²) in [7, 11) is 1.52. The minimum atomic E-state index is -0.499. The van der Waals surface area contributed by atoms with Crippen LogP contribution in [-0.2, 0) is 16.1 Å². The molecule has 0 saturated carbocycles. The normalized spacial score (nSPS) is 10.5. The molecule has 0 saturated heterocycles. The van der Waals surface area contributed by atoms with Crippen molar-refractivity contribution in [2.75, 3.05) is 13.7 Å². The van der Waals surface area contributed by atoms with Crippen molar-refractivity contribution < 1.29 is 18.7 Å². The molecule has 0 N–H and O–H groups in total. The minimum absolute atomic E-state index is 0.225. The van der Waals surface area contributed by atoms with Gasteiger partial charge < -0.3 is 13.9 Å². The second-order valence-corrected chi connectivity index (χ2v) is 4.03. The highest BCUT2D eigenvalue weighted by Gasteiger charge is 2.10. The maximum atomic E-state index is 11.7. The highest BCUT2D eigenvalue weighted by molar-refractivity contribution is 5.89. The first-order chi connectivity index (χ1) is 9.65. The van der Waals surface area contributed by atoms with Gasteiger partial charge in [0.15, 0.2) is 5.76 Å². The SMILES string of the molecule is CCOC(=O)c1ccc(-n2cc(COC)oc2=O)cc1. The van der Waals surface area contributed by atoms with Crippen molar-refractivity contribution in [1.29, 1.82) is 0 Å². The van der Waals surface area contributed by atoms with E-state index in [0.29, 0.717) is 23.6 Å². The van der Waals surface area contributed by atoms with Gasteiger partial charge in [0.05, 0.1) is 24.1 Å². The van der Waals surface area contributed by atoms with Crippen LogP contribution in [0.2, 0.25) is 0 Å². The molecule has 2 aromatic rings. The van der Waals surface area contributed by atoms with E-state index in [2.05, 4.69) is 0 Å². The molecule has 1 aromatic heterocycles. The van der Waals surface area contributed by atoms with Crippen molar-refractivity contribution in [2.24, 2.45) is 0 Å². The van der Waals surface area contributed by atoms with Crippen molar-refractivity contribution in [2.45, 2.75) is 13.5 Å². The molecule has 6 heteroatoms. The zero-order valence-electron chi connectivity index (χ0n) is 11.3. The van der Waals surface area contributed by atoms with E-state index in [-0.39, 0.29) is 6.61 Å². The Kier molecular flexibility index (Phi) is 4.37. The molecule has 0 aliphatic heterocycles. The third-order valence-corrected chi connectivity index (χ3v) is 2.63. The largest absolute Gasteiger partial charge is 0.462 e. The Morgan fingerprint density at radius 1 is 1.30 bits per heavy atom. The van der Waals surface area contributed by atoms with Crippen molar-refractivity contribution >= 4 is 5.97 Å². The van der Waals surface area contributed by atoms with Crippen LogP contribution in [0.4, 0.5) is 0 Å². The number of benzene rings is 1. The second-order valence-electron chi connectivity index (χ2n) is 4.03. The molecule has 20 heavy (non-hydrogen) atoms. The first-order valence-electron chi connectivity index (χ1n) is 6.13. The molecule has 0 atom stereocenters. The van der Waals surface area contributed by atoms with Gasteiger partial charge in [-0.2, -0.15) is 0 Å². The molecular weight excluding hydrogens is 262 g/mol. The maximum absolute atomic E-state index is 11.7. The fourth-order valence-electron chi connectivity index (χ4n) is 1.75. The zero-order valence-corrected chi connectivity index (χ0v) is 11.3. The third kappa shape index (κ3) is 2.97. The van der Waals surface area contributed by atoms with Crippen molar-refractivity contribution in [3.8, 4) is 5.69 Å². The van der Waals surface area contributed by atoms with Gasteiger partial charge in [0.2, 0.25) is 0 Å². The monoisotopic (exact) mass is 277 g/mol. The Balaban J connectivity index is 2.26. The van der Waals surface area contributed by atoms with Crippen LogP contribution in [0.5, 0.6) is 0 Å². The lowest BCUT2D eigenvalue weighted by Gasteiger charge is -2.03. The molecule has 6 nitrogen and oxygen atoms in total. The van der Waals surface area contributed by atoms with Gasteiger partial charge in [-0.25, -0.2) is 14.2 Å². The molecule has 2 rings (SSSR count). The van der Waals surface area contributed by atoms with E-state index in [1.165, 1.54) is 11.7 Å². The average Bonchev–Trinajstić information content (AvgIpc) is 2.80. The Labute approximate surface area is 115 Å². The molecule has 0 aliphatic rings. The summed E-state index contributed by atoms with van der Waals surface area (Å²) in [5, 5.41) is 0. The Morgan fingerprint density at radius 2 is 2.00 bits per heavy atom. The summed E-state index contributed by atoms with van der Waals surface area (Å²) in [4.78, 5) is 23.2. The molecule has 0 amide bonds. The van der Waals surface area contributed by atoms with E-state index in [9.17, 15) is 9.59 Å². The lowest BCUT2D eigenvalue weighted by atomic mass is 10.2. The number of oxazole rings is 1. The third-order valence-electron chi connectivity index (χ3n) is 2.63. The number of carbonyl (C=O) groups is 1. The number of esters is 1. The number of carbonyl (C=O) groups excluding carboxylic acids is 1. The van der Waals surface area contributed by atoms with E-state index in [4.69, 9.17) is 13.9 Å². The van der Waals surface area contributed by atoms with Gasteiger partial charge in [0, 0.05) is 7.11 Å². The summed E-state index contributed by atoms with van der Waals surface area (Å²) in [6.07, 6.45) is 1.56. The predicted octanol–water partition coefficient (Wildman–Crippen LogP) is 1.75. The van der Waals surface area contributed by atoms with Crippen LogP contribution in [0.1, 0.15) is 23.0 Å². The molecule has 1 heterocycles. The minimum Gasteiger partial charge on any atom is -0.462 e. The molecule has 0 unspecified atom stereocenters. The summed E-state index contributed by atoms with van der Waals surface area (Å²) < 4.78 is 16.2. The first-order valence-corrected chi connectivity index (χ1v) is 6.13. The molecule has 0 radical (unpaired) electrons. The van der Waals surface area contributed by atoms with Gasteiger partial charge in [-0.05, 0) is 31.2 Å². The van der Waals surface area contributed by atoms with Gasteiger partial charge in [0.25, 0.3) is 0 Å². The zero-order chi connectivity index (χ0) is 14.5. The second kappa shape index (κ2) is 6.21. The highest BCUT2D eigenvalue weighted by Crippen LogP contribution is 2.11. The topological polar surface area (TPSA) is 70.7 Å². The van der Waals surface area contributed by atoms with Gasteiger partial charge in [0.1, 0.15) is 6.61 Å². The van der Waals surface area contributed by atoms with Crippen LogP contribution in [-0.4, -0.2) is 24.3 Å². The standard InChI is InChI=1S/C14H15NO5/c1-3-19-13(16)10-4-6-11(7-5-10)15-8-12(9-18-2)20-14(15)17/h4-8H,3,9H2,1-2H3. The molecule has 0 spiro atoms. The van der Waals surface area contributed by atoms with Crippen LogP contribution >= 0.6 is 0 Å². The highest BCUT2D eigenvalue weighted by atomic mass is 16.5. The summed E-state index contributed by atoms with van der Waals surface area (Å²) in [6, 6.07) is 6.50. The molecule has 0 fully saturated rings. The van der Waals surface area contributed by atoms with Crippen LogP contribution in [0.25, 0.3) is 5.69 Å². The maximum Gasteiger partial charge on any atom is 0.423 e. The fraction of sp³-hybridized carbons (Fsp3) is 0.286. The molecule has 0 bridgehead atoms. The van der Waals surface area contributed by atoms with Crippen LogP contribution in [0.15, 0.2) is 39.7 Å². The number of hydrogen-bond acceptors (Lipinski definition) is 5. The lowest BCUT2D eigenvalue weighted by Crippen LogP contribution is -2.11. The van der Waals surface area contributed by atoms with Crippen molar-refractivity contribution in [1.82, 2.24) is 4.57 Å². The van der Waals surface area contributed by atoms with Crippen molar-refractivity contribution in [3.05, 3.63) is 52.3 Å². The molecular formula is C14H15NO5. The van der Waals surface area contributed by atoms with Gasteiger partial charge >= 0.3 is 11.7 Å². The van der Waals surface area contributed by atoms with Gasteiger partial charge in [-0.15, -0.1) is 0 Å². The van der Waals surface area contributed by atoms with Crippen LogP contribution < -0.4 is 5.76 Å². The summed E-state index contributed by atoms with van der Waals surface area (Å²) in [5.41, 5.74) is 1.04. The summed E-state index contributed by atoms with van der Waals surface area (Å²) >= 11 is 0. The predicted molar refractivity (Wildman–Crippen MR) is 71.0 cm³/mol. The molecule has 0 aliphatic carbocycles. The number of ether oxygens (including phenoxy) is 2. The molecule has 106 valence electrons. The van der Waals surface area contributed by atoms with Crippen LogP contribution in [0, 0.1) is 0 Å². The number of methoxy groups -OCH3 is 1. The van der Waals surface area contributed by atoms with Gasteiger partial charge in [-0.1, -0.05) is 0 Å². The number of nitrogens with zero attached hydrogens (tertiary/aromatic N) is 1. The number of hydrogen-bond donors (Lipinski definition) is 0. The quantitative estimate of drug-likeness (QED) is 0.779. The smallest absolute Gasteiger partial charge is 0.423 e. The van der Waals surface area contributed by atoms with E-state index in [1.54, 1.807) is 37.4 Å². The van der Waals surface area contributed by atoms with E-state index in [1.807, 2.05) is 0 Å². The Hall–Kier alpha value is -2.34. The number of rotatable bonds is 5. The van der Waals surface area contributed by atoms with Crippen molar-refractivity contribution in [3.63, 3.8) is 0 Å². The summed E-state index contributed by atoms with van der Waals surface area (Å²) in [6.45, 7) is 2.29. The number of aromatic nitrogens is 1. The fourth-order valence-corrected chi connectivity index (χ4v) is 1.75. The lowest BCUT2D eigenvalue weighted by molar-refractivity contribution is 0.0526. The average molecular weight is 277 g/mol. The molecule has 1 aromatic carbocycles. The Bertz CT molecular complexity index is 638. The summed E-state index contributed by atoms with van der Waals surface area (Å²) in [5.74, 6) is -0.452. The van der Waals surface area contributed by atoms with E-state index < -0.39 is 11.7 Å². The first kappa shape index (κ1) is 14.1. The Morgan fingerprint density at radius 3 is 2.60 bits per heavy atom. The van der Waals surface area contributed by atoms with E-state index in [0.717, 1.165) is 0 Å². The van der Waals surface area contributed by atoms with Gasteiger partial charge in [-0.3, -0.25) is 0 Å².